The number of carbonyl (C=O) groups is 1. The average Bonchev–Trinajstić information content (AvgIpc) is 3.22. The lowest BCUT2D eigenvalue weighted by Gasteiger charge is -2.36. The first-order valence-corrected chi connectivity index (χ1v) is 9.45. The molecule has 3 rings (SSSR count). The van der Waals surface area contributed by atoms with E-state index in [0.717, 1.165) is 45.7 Å². The van der Waals surface area contributed by atoms with Crippen LogP contribution in [0, 0.1) is 5.41 Å². The molecule has 1 unspecified atom stereocenters. The Kier molecular flexibility index (Phi) is 5.32. The van der Waals surface area contributed by atoms with Crippen LogP contribution in [0.15, 0.2) is 4.42 Å². The number of rotatable bonds is 4. The summed E-state index contributed by atoms with van der Waals surface area (Å²) < 4.78 is 11.6. The number of aromatic nitrogens is 2. The molecule has 140 valence electrons. The van der Waals surface area contributed by atoms with Crippen LogP contribution < -0.4 is 0 Å². The van der Waals surface area contributed by atoms with Crippen LogP contribution >= 0.6 is 0 Å². The van der Waals surface area contributed by atoms with E-state index < -0.39 is 0 Å². The Balaban J connectivity index is 1.87. The smallest absolute Gasteiger partial charge is 0.320 e. The number of urea groups is 1. The van der Waals surface area contributed by atoms with Gasteiger partial charge >= 0.3 is 6.03 Å². The Morgan fingerprint density at radius 1 is 1.28 bits per heavy atom. The fourth-order valence-corrected chi connectivity index (χ4v) is 4.05. The van der Waals surface area contributed by atoms with Crippen molar-refractivity contribution in [3.8, 4) is 0 Å². The number of carbonyl (C=O) groups excluding carboxylic acids is 1. The van der Waals surface area contributed by atoms with Crippen LogP contribution in [0.5, 0.6) is 0 Å². The molecule has 2 aliphatic heterocycles. The molecule has 0 N–H and O–H groups in total. The average molecular weight is 350 g/mol. The highest BCUT2D eigenvalue weighted by molar-refractivity contribution is 5.75. The molecular weight excluding hydrogens is 320 g/mol. The largest absolute Gasteiger partial charge is 0.425 e. The van der Waals surface area contributed by atoms with E-state index in [0.29, 0.717) is 18.3 Å². The van der Waals surface area contributed by atoms with Crippen LogP contribution in [0.2, 0.25) is 0 Å². The summed E-state index contributed by atoms with van der Waals surface area (Å²) >= 11 is 0. The number of hydrogen-bond acceptors (Lipinski definition) is 5. The van der Waals surface area contributed by atoms with Gasteiger partial charge in [-0.2, -0.15) is 0 Å². The molecule has 0 saturated carbocycles. The quantitative estimate of drug-likeness (QED) is 0.835. The summed E-state index contributed by atoms with van der Waals surface area (Å²) in [6, 6.07) is 0.113. The molecule has 7 heteroatoms. The van der Waals surface area contributed by atoms with Gasteiger partial charge in [-0.1, -0.05) is 13.8 Å². The van der Waals surface area contributed by atoms with Crippen molar-refractivity contribution in [1.82, 2.24) is 20.0 Å². The summed E-state index contributed by atoms with van der Waals surface area (Å²) in [4.78, 5) is 16.7. The number of hydrogen-bond donors (Lipinski definition) is 0. The number of likely N-dealkylation sites (tertiary alicyclic amines) is 1. The highest BCUT2D eigenvalue weighted by Crippen LogP contribution is 2.49. The zero-order chi connectivity index (χ0) is 18.0. The molecule has 1 spiro atoms. The van der Waals surface area contributed by atoms with E-state index in [-0.39, 0.29) is 23.3 Å². The van der Waals surface area contributed by atoms with Gasteiger partial charge in [0.05, 0.1) is 5.92 Å². The molecule has 1 atom stereocenters. The molecule has 0 bridgehead atoms. The third-order valence-electron chi connectivity index (χ3n) is 5.69. The first kappa shape index (κ1) is 18.2. The Hall–Kier alpha value is -1.63. The summed E-state index contributed by atoms with van der Waals surface area (Å²) in [6.45, 7) is 12.4. The van der Waals surface area contributed by atoms with Crippen LogP contribution in [0.1, 0.15) is 64.2 Å². The second kappa shape index (κ2) is 7.32. The molecule has 2 aliphatic rings. The van der Waals surface area contributed by atoms with Gasteiger partial charge in [0.25, 0.3) is 0 Å². The highest BCUT2D eigenvalue weighted by atomic mass is 16.5. The zero-order valence-electron chi connectivity index (χ0n) is 15.8. The lowest BCUT2D eigenvalue weighted by molar-refractivity contribution is 0.00950. The second-order valence-electron chi connectivity index (χ2n) is 7.50. The van der Waals surface area contributed by atoms with Crippen molar-refractivity contribution in [3.63, 3.8) is 0 Å². The van der Waals surface area contributed by atoms with E-state index in [1.165, 1.54) is 0 Å². The maximum absolute atomic E-state index is 12.9. The van der Waals surface area contributed by atoms with Gasteiger partial charge < -0.3 is 19.0 Å². The van der Waals surface area contributed by atoms with Gasteiger partial charge in [0.15, 0.2) is 0 Å². The summed E-state index contributed by atoms with van der Waals surface area (Å²) in [6.07, 6.45) is 1.86. The molecular formula is C18H30N4O3. The third kappa shape index (κ3) is 3.38. The fourth-order valence-electron chi connectivity index (χ4n) is 4.05. The van der Waals surface area contributed by atoms with Crippen molar-refractivity contribution in [2.24, 2.45) is 5.41 Å². The monoisotopic (exact) mass is 350 g/mol. The van der Waals surface area contributed by atoms with Gasteiger partial charge in [0, 0.05) is 50.7 Å². The molecule has 2 amide bonds. The molecule has 3 heterocycles. The summed E-state index contributed by atoms with van der Waals surface area (Å²) in [5, 5.41) is 8.55. The van der Waals surface area contributed by atoms with Crippen molar-refractivity contribution in [3.05, 3.63) is 11.8 Å². The number of ether oxygens (including phenoxy) is 1. The maximum atomic E-state index is 12.9. The Morgan fingerprint density at radius 2 is 1.96 bits per heavy atom. The Bertz CT molecular complexity index is 591. The SMILES string of the molecule is CCN(CC)C(=O)N1CC(c2nnc(C(C)C)o2)C2(CCOCC2)C1. The van der Waals surface area contributed by atoms with Crippen molar-refractivity contribution in [2.75, 3.05) is 39.4 Å². The van der Waals surface area contributed by atoms with E-state index in [4.69, 9.17) is 9.15 Å². The first-order valence-electron chi connectivity index (χ1n) is 9.45. The lowest BCUT2D eigenvalue weighted by atomic mass is 9.72. The van der Waals surface area contributed by atoms with Crippen LogP contribution in [0.4, 0.5) is 4.79 Å². The zero-order valence-corrected chi connectivity index (χ0v) is 15.8. The summed E-state index contributed by atoms with van der Waals surface area (Å²) in [5.41, 5.74) is -0.0121. The highest BCUT2D eigenvalue weighted by Gasteiger charge is 2.52. The van der Waals surface area contributed by atoms with Gasteiger partial charge in [0.1, 0.15) is 0 Å². The Morgan fingerprint density at radius 3 is 2.52 bits per heavy atom. The molecule has 25 heavy (non-hydrogen) atoms. The van der Waals surface area contributed by atoms with E-state index in [2.05, 4.69) is 10.2 Å². The van der Waals surface area contributed by atoms with Gasteiger partial charge in [-0.3, -0.25) is 0 Å². The van der Waals surface area contributed by atoms with Gasteiger partial charge in [-0.25, -0.2) is 4.79 Å². The molecule has 0 aliphatic carbocycles. The van der Waals surface area contributed by atoms with E-state index in [1.54, 1.807) is 0 Å². The summed E-state index contributed by atoms with van der Waals surface area (Å²) in [7, 11) is 0. The lowest BCUT2D eigenvalue weighted by Crippen LogP contribution is -2.43. The minimum Gasteiger partial charge on any atom is -0.425 e. The third-order valence-corrected chi connectivity index (χ3v) is 5.69. The van der Waals surface area contributed by atoms with Gasteiger partial charge in [-0.05, 0) is 26.7 Å². The predicted octanol–water partition coefficient (Wildman–Crippen LogP) is 2.85. The molecule has 2 fully saturated rings. The van der Waals surface area contributed by atoms with Crippen molar-refractivity contribution in [1.29, 1.82) is 0 Å². The normalized spacial score (nSPS) is 22.8. The van der Waals surface area contributed by atoms with E-state index >= 15 is 0 Å². The minimum atomic E-state index is -0.0121. The van der Waals surface area contributed by atoms with E-state index in [9.17, 15) is 4.79 Å². The van der Waals surface area contributed by atoms with Gasteiger partial charge in [0.2, 0.25) is 11.8 Å². The van der Waals surface area contributed by atoms with E-state index in [1.807, 2.05) is 37.5 Å². The molecule has 2 saturated heterocycles. The maximum Gasteiger partial charge on any atom is 0.320 e. The van der Waals surface area contributed by atoms with Crippen LogP contribution in [-0.4, -0.2) is 65.4 Å². The number of amides is 2. The molecule has 0 radical (unpaired) electrons. The second-order valence-corrected chi connectivity index (χ2v) is 7.50. The molecule has 0 aromatic carbocycles. The van der Waals surface area contributed by atoms with Gasteiger partial charge in [-0.15, -0.1) is 10.2 Å². The van der Waals surface area contributed by atoms with Crippen LogP contribution in [0.25, 0.3) is 0 Å². The first-order chi connectivity index (χ1) is 12.0. The standard InChI is InChI=1S/C18H30N4O3/c1-5-21(6-2)17(23)22-11-14(16-20-19-15(25-16)13(3)4)18(12-22)7-9-24-10-8-18/h13-14H,5-12H2,1-4H3. The molecule has 1 aromatic heterocycles. The minimum absolute atomic E-state index is 0.0121. The fraction of sp³-hybridized carbons (Fsp3) is 0.833. The summed E-state index contributed by atoms with van der Waals surface area (Å²) in [5.74, 6) is 1.66. The van der Waals surface area contributed by atoms with Crippen LogP contribution in [0.3, 0.4) is 0 Å². The predicted molar refractivity (Wildman–Crippen MR) is 93.5 cm³/mol. The van der Waals surface area contributed by atoms with Crippen molar-refractivity contribution in [2.45, 2.75) is 52.4 Å². The Labute approximate surface area is 149 Å². The van der Waals surface area contributed by atoms with Crippen molar-refractivity contribution < 1.29 is 13.9 Å². The molecule has 1 aromatic rings. The van der Waals surface area contributed by atoms with Crippen molar-refractivity contribution >= 4 is 6.03 Å². The molecule has 7 nitrogen and oxygen atoms in total. The van der Waals surface area contributed by atoms with Crippen LogP contribution in [-0.2, 0) is 4.74 Å². The topological polar surface area (TPSA) is 71.7 Å². The number of nitrogens with zero attached hydrogens (tertiary/aromatic N) is 4.